The van der Waals surface area contributed by atoms with E-state index in [0.29, 0.717) is 18.3 Å². The van der Waals surface area contributed by atoms with Crippen LogP contribution in [-0.2, 0) is 9.53 Å². The predicted octanol–water partition coefficient (Wildman–Crippen LogP) is 0.134. The molecule has 0 bridgehead atoms. The van der Waals surface area contributed by atoms with E-state index in [4.69, 9.17) is 4.74 Å². The van der Waals surface area contributed by atoms with Crippen LogP contribution in [-0.4, -0.2) is 42.9 Å². The smallest absolute Gasteiger partial charge is 0.240 e. The van der Waals surface area contributed by atoms with Crippen LogP contribution in [0, 0.1) is 0 Å². The summed E-state index contributed by atoms with van der Waals surface area (Å²) in [7, 11) is 1.61. The second-order valence-corrected chi connectivity index (χ2v) is 3.29. The molecule has 0 fully saturated rings. The van der Waals surface area contributed by atoms with Gasteiger partial charge >= 0.3 is 0 Å². The third-order valence-corrected chi connectivity index (χ3v) is 1.98. The molecule has 0 aromatic carbocycles. The fourth-order valence-corrected chi connectivity index (χ4v) is 1.23. The Hall–Kier alpha value is -0.760. The van der Waals surface area contributed by atoms with E-state index < -0.39 is 0 Å². The van der Waals surface area contributed by atoms with Crippen LogP contribution in [0.25, 0.3) is 0 Å². The van der Waals surface area contributed by atoms with Crippen molar-refractivity contribution in [2.45, 2.75) is 0 Å². The average molecular weight is 253 g/mol. The Morgan fingerprint density at radius 1 is 1.67 bits per heavy atom. The van der Waals surface area contributed by atoms with Crippen LogP contribution in [0.1, 0.15) is 0 Å². The molecule has 0 radical (unpaired) electrons. The summed E-state index contributed by atoms with van der Waals surface area (Å²) in [5.41, 5.74) is 1.56. The first-order valence-electron chi connectivity index (χ1n) is 4.08. The number of rotatable bonds is 6. The van der Waals surface area contributed by atoms with Gasteiger partial charge in [0.05, 0.1) is 13.2 Å². The highest BCUT2D eigenvalue weighted by atomic mass is 35.5. The van der Waals surface area contributed by atoms with E-state index in [2.05, 4.69) is 20.8 Å². The minimum atomic E-state index is -0.127. The largest absolute Gasteiger partial charge is 0.383 e. The first-order chi connectivity index (χ1) is 6.83. The summed E-state index contributed by atoms with van der Waals surface area (Å²) in [6, 6.07) is 0. The molecule has 1 heterocycles. The van der Waals surface area contributed by atoms with Crippen molar-refractivity contribution in [3.05, 3.63) is 5.51 Å². The SMILES string of the molecule is COCCNCC(=O)Nc1nncs1.Cl. The summed E-state index contributed by atoms with van der Waals surface area (Å²) in [6.07, 6.45) is 0. The summed E-state index contributed by atoms with van der Waals surface area (Å²) >= 11 is 1.29. The van der Waals surface area contributed by atoms with Gasteiger partial charge in [0.25, 0.3) is 0 Å². The van der Waals surface area contributed by atoms with Crippen molar-refractivity contribution >= 4 is 34.8 Å². The number of methoxy groups -OCH3 is 1. The van der Waals surface area contributed by atoms with Crippen molar-refractivity contribution in [1.29, 1.82) is 0 Å². The van der Waals surface area contributed by atoms with Crippen molar-refractivity contribution in [2.24, 2.45) is 0 Å². The lowest BCUT2D eigenvalue weighted by molar-refractivity contribution is -0.115. The molecule has 86 valence electrons. The van der Waals surface area contributed by atoms with Gasteiger partial charge in [-0.05, 0) is 0 Å². The van der Waals surface area contributed by atoms with E-state index in [-0.39, 0.29) is 24.9 Å². The molecule has 0 atom stereocenters. The minimum absolute atomic E-state index is 0. The van der Waals surface area contributed by atoms with Crippen LogP contribution >= 0.6 is 23.7 Å². The Bertz CT molecular complexity index is 270. The van der Waals surface area contributed by atoms with Gasteiger partial charge in [0.15, 0.2) is 0 Å². The van der Waals surface area contributed by atoms with Gasteiger partial charge in [-0.25, -0.2) is 0 Å². The van der Waals surface area contributed by atoms with E-state index in [1.54, 1.807) is 12.6 Å². The molecular formula is C7H13ClN4O2S. The van der Waals surface area contributed by atoms with Crippen molar-refractivity contribution < 1.29 is 9.53 Å². The quantitative estimate of drug-likeness (QED) is 0.704. The van der Waals surface area contributed by atoms with Crippen LogP contribution in [0.2, 0.25) is 0 Å². The third kappa shape index (κ3) is 6.34. The molecule has 0 saturated carbocycles. The number of aromatic nitrogens is 2. The summed E-state index contributed by atoms with van der Waals surface area (Å²) in [4.78, 5) is 11.2. The van der Waals surface area contributed by atoms with Crippen molar-refractivity contribution in [3.63, 3.8) is 0 Å². The number of amides is 1. The predicted molar refractivity (Wildman–Crippen MR) is 60.5 cm³/mol. The van der Waals surface area contributed by atoms with Gasteiger partial charge in [0.2, 0.25) is 11.0 Å². The normalized spacial score (nSPS) is 9.40. The summed E-state index contributed by atoms with van der Waals surface area (Å²) < 4.78 is 4.82. The zero-order chi connectivity index (χ0) is 10.2. The van der Waals surface area contributed by atoms with Gasteiger partial charge in [0, 0.05) is 13.7 Å². The lowest BCUT2D eigenvalue weighted by Crippen LogP contribution is -2.30. The van der Waals surface area contributed by atoms with E-state index in [9.17, 15) is 4.79 Å². The molecule has 1 aromatic heterocycles. The summed E-state index contributed by atoms with van der Waals surface area (Å²) in [5.74, 6) is -0.127. The zero-order valence-electron chi connectivity index (χ0n) is 8.23. The van der Waals surface area contributed by atoms with Crippen LogP contribution in [0.15, 0.2) is 5.51 Å². The van der Waals surface area contributed by atoms with Gasteiger partial charge < -0.3 is 10.1 Å². The lowest BCUT2D eigenvalue weighted by Gasteiger charge is -2.02. The van der Waals surface area contributed by atoms with Crippen LogP contribution in [0.5, 0.6) is 0 Å². The third-order valence-electron chi connectivity index (χ3n) is 1.37. The molecule has 0 aliphatic carbocycles. The summed E-state index contributed by atoms with van der Waals surface area (Å²) in [6.45, 7) is 1.50. The molecule has 15 heavy (non-hydrogen) atoms. The highest BCUT2D eigenvalue weighted by Gasteiger charge is 2.02. The average Bonchev–Trinajstić information content (AvgIpc) is 2.65. The van der Waals surface area contributed by atoms with E-state index in [0.717, 1.165) is 0 Å². The number of hydrogen-bond acceptors (Lipinski definition) is 6. The Labute approximate surface area is 97.8 Å². The lowest BCUT2D eigenvalue weighted by atomic mass is 10.5. The first-order valence-corrected chi connectivity index (χ1v) is 4.96. The van der Waals surface area contributed by atoms with E-state index >= 15 is 0 Å². The Balaban J connectivity index is 0.00000196. The molecule has 0 aliphatic heterocycles. The van der Waals surface area contributed by atoms with Gasteiger partial charge in [-0.2, -0.15) is 0 Å². The topological polar surface area (TPSA) is 76.1 Å². The van der Waals surface area contributed by atoms with Gasteiger partial charge in [-0.1, -0.05) is 11.3 Å². The molecule has 2 N–H and O–H groups in total. The van der Waals surface area contributed by atoms with Crippen LogP contribution in [0.4, 0.5) is 5.13 Å². The molecule has 0 saturated heterocycles. The molecule has 6 nitrogen and oxygen atoms in total. The monoisotopic (exact) mass is 252 g/mol. The number of nitrogens with one attached hydrogen (secondary N) is 2. The molecular weight excluding hydrogens is 240 g/mol. The number of carbonyl (C=O) groups is 1. The second kappa shape index (κ2) is 8.54. The molecule has 0 aliphatic rings. The van der Waals surface area contributed by atoms with Gasteiger partial charge in [-0.3, -0.25) is 10.1 Å². The summed E-state index contributed by atoms with van der Waals surface area (Å²) in [5, 5.41) is 13.3. The van der Waals surface area contributed by atoms with Gasteiger partial charge in [0.1, 0.15) is 5.51 Å². The number of hydrogen-bond donors (Lipinski definition) is 2. The fourth-order valence-electron chi connectivity index (χ4n) is 0.767. The second-order valence-electron chi connectivity index (χ2n) is 2.46. The molecule has 1 aromatic rings. The Morgan fingerprint density at radius 2 is 2.47 bits per heavy atom. The molecule has 0 unspecified atom stereocenters. The van der Waals surface area contributed by atoms with Crippen molar-refractivity contribution in [2.75, 3.05) is 32.1 Å². The van der Waals surface area contributed by atoms with Crippen LogP contribution in [0.3, 0.4) is 0 Å². The maximum absolute atomic E-state index is 11.2. The maximum atomic E-state index is 11.2. The number of halogens is 1. The van der Waals surface area contributed by atoms with Crippen LogP contribution < -0.4 is 10.6 Å². The van der Waals surface area contributed by atoms with E-state index in [1.165, 1.54) is 11.3 Å². The molecule has 1 amide bonds. The Morgan fingerprint density at radius 3 is 3.07 bits per heavy atom. The first kappa shape index (κ1) is 14.2. The highest BCUT2D eigenvalue weighted by Crippen LogP contribution is 2.06. The molecule has 0 spiro atoms. The number of nitrogens with zero attached hydrogens (tertiary/aromatic N) is 2. The zero-order valence-corrected chi connectivity index (χ0v) is 9.86. The molecule has 1 rings (SSSR count). The van der Waals surface area contributed by atoms with E-state index in [1.807, 2.05) is 0 Å². The standard InChI is InChI=1S/C7H12N4O2S.ClH/c1-13-3-2-8-4-6(12)10-7-11-9-5-14-7;/h5,8H,2-4H2,1H3,(H,10,11,12);1H. The van der Waals surface area contributed by atoms with Crippen molar-refractivity contribution in [1.82, 2.24) is 15.5 Å². The highest BCUT2D eigenvalue weighted by molar-refractivity contribution is 7.13. The minimum Gasteiger partial charge on any atom is -0.383 e. The van der Waals surface area contributed by atoms with Gasteiger partial charge in [-0.15, -0.1) is 22.6 Å². The fraction of sp³-hybridized carbons (Fsp3) is 0.571. The number of ether oxygens (including phenoxy) is 1. The maximum Gasteiger partial charge on any atom is 0.240 e. The number of anilines is 1. The van der Waals surface area contributed by atoms with Crippen molar-refractivity contribution in [3.8, 4) is 0 Å². The molecule has 8 heteroatoms. The number of carbonyl (C=O) groups excluding carboxylic acids is 1. The Kier molecular flexibility index (Phi) is 8.11.